The van der Waals surface area contributed by atoms with Gasteiger partial charge in [0.25, 0.3) is 0 Å². The van der Waals surface area contributed by atoms with Crippen LogP contribution in [0.5, 0.6) is 5.75 Å². The van der Waals surface area contributed by atoms with Crippen molar-refractivity contribution in [3.63, 3.8) is 0 Å². The van der Waals surface area contributed by atoms with Crippen molar-refractivity contribution in [1.82, 2.24) is 4.98 Å². The van der Waals surface area contributed by atoms with Crippen LogP contribution in [0.4, 0.5) is 0 Å². The Morgan fingerprint density at radius 3 is 2.49 bits per heavy atom. The van der Waals surface area contributed by atoms with Crippen LogP contribution in [-0.2, 0) is 9.59 Å². The molecule has 4 aromatic rings. The maximum Gasteiger partial charge on any atom is 1.00 e. The van der Waals surface area contributed by atoms with Crippen molar-refractivity contribution < 1.29 is 88.1 Å². The summed E-state index contributed by atoms with van der Waals surface area (Å²) in [7, 11) is 0. The van der Waals surface area contributed by atoms with Gasteiger partial charge in [0.05, 0.1) is 18.5 Å². The molecule has 0 fully saturated rings. The third-order valence-electron chi connectivity index (χ3n) is 5.41. The molecule has 0 bridgehead atoms. The third kappa shape index (κ3) is 7.46. The Balaban J connectivity index is 0.00000216. The number of aromatic nitrogens is 1. The van der Waals surface area contributed by atoms with Crippen molar-refractivity contribution in [1.29, 1.82) is 0 Å². The number of hydrogen-bond acceptors (Lipinski definition) is 7. The van der Waals surface area contributed by atoms with Gasteiger partial charge in [0.1, 0.15) is 11.3 Å². The molecular formula is C25H20ClNNa2O6. The van der Waals surface area contributed by atoms with Crippen LogP contribution in [0.3, 0.4) is 0 Å². The van der Waals surface area contributed by atoms with Gasteiger partial charge in [-0.25, -0.2) is 4.98 Å². The molecule has 0 spiro atoms. The largest absolute Gasteiger partial charge is 1.00 e. The van der Waals surface area contributed by atoms with E-state index in [9.17, 15) is 19.8 Å². The van der Waals surface area contributed by atoms with Gasteiger partial charge in [-0.05, 0) is 66.1 Å². The summed E-state index contributed by atoms with van der Waals surface area (Å²) in [6.07, 6.45) is 1.73. The van der Waals surface area contributed by atoms with Crippen LogP contribution in [0.15, 0.2) is 59.0 Å². The zero-order valence-electron chi connectivity index (χ0n) is 19.6. The predicted molar refractivity (Wildman–Crippen MR) is 119 cm³/mol. The number of ether oxygens (including phenoxy) is 1. The van der Waals surface area contributed by atoms with Crippen molar-refractivity contribution in [3.8, 4) is 17.2 Å². The molecule has 7 nitrogen and oxygen atoms in total. The second-order valence-electron chi connectivity index (χ2n) is 7.71. The van der Waals surface area contributed by atoms with Gasteiger partial charge >= 0.3 is 59.1 Å². The summed E-state index contributed by atoms with van der Waals surface area (Å²) < 4.78 is 11.7. The summed E-state index contributed by atoms with van der Waals surface area (Å²) in [4.78, 5) is 26.1. The van der Waals surface area contributed by atoms with E-state index >= 15 is 0 Å². The van der Waals surface area contributed by atoms with Gasteiger partial charge in [0.15, 0.2) is 5.58 Å². The van der Waals surface area contributed by atoms with Crippen molar-refractivity contribution >= 4 is 45.4 Å². The fourth-order valence-corrected chi connectivity index (χ4v) is 3.87. The number of hydrogen-bond donors (Lipinski definition) is 0. The number of rotatable bonds is 10. The normalized spacial score (nSPS) is 10.7. The molecular weight excluding hydrogens is 492 g/mol. The van der Waals surface area contributed by atoms with Gasteiger partial charge in [-0.3, -0.25) is 0 Å². The summed E-state index contributed by atoms with van der Waals surface area (Å²) >= 11 is 6.05. The van der Waals surface area contributed by atoms with Crippen LogP contribution < -0.4 is 74.1 Å². The van der Waals surface area contributed by atoms with E-state index in [1.807, 2.05) is 36.4 Å². The van der Waals surface area contributed by atoms with Crippen molar-refractivity contribution in [2.45, 2.75) is 25.7 Å². The fourth-order valence-electron chi connectivity index (χ4n) is 3.70. The monoisotopic (exact) mass is 511 g/mol. The second kappa shape index (κ2) is 13.7. The average molecular weight is 512 g/mol. The van der Waals surface area contributed by atoms with Crippen molar-refractivity contribution in [3.05, 3.63) is 59.6 Å². The number of carboxylic acid groups (broad SMARTS) is 2. The molecule has 1 heterocycles. The number of halogens is 1. The van der Waals surface area contributed by atoms with E-state index in [0.717, 1.165) is 16.3 Å². The zero-order valence-corrected chi connectivity index (χ0v) is 24.3. The van der Waals surface area contributed by atoms with Crippen molar-refractivity contribution in [2.75, 3.05) is 6.61 Å². The molecule has 0 unspecified atom stereocenters. The molecule has 0 aliphatic carbocycles. The van der Waals surface area contributed by atoms with Gasteiger partial charge in [0.2, 0.25) is 5.89 Å². The molecule has 10 heteroatoms. The summed E-state index contributed by atoms with van der Waals surface area (Å²) in [5.74, 6) is -3.57. The predicted octanol–water partition coefficient (Wildman–Crippen LogP) is -2.64. The molecule has 3 aromatic carbocycles. The number of fused-ring (bicyclic) bond motifs is 2. The smallest absolute Gasteiger partial charge is 0.549 e. The number of oxazole rings is 1. The molecule has 0 saturated carbocycles. The summed E-state index contributed by atoms with van der Waals surface area (Å²) in [6, 6.07) is 16.9. The van der Waals surface area contributed by atoms with E-state index < -0.39 is 17.9 Å². The average Bonchev–Trinajstić information content (AvgIpc) is 3.20. The van der Waals surface area contributed by atoms with E-state index in [-0.39, 0.29) is 65.5 Å². The summed E-state index contributed by atoms with van der Waals surface area (Å²) in [6.45, 7) is 0.429. The number of nitrogens with zero attached hydrogens (tertiary/aromatic N) is 1. The first-order valence-corrected chi connectivity index (χ1v) is 10.9. The number of unbranched alkanes of at least 4 members (excludes halogenated alkanes) is 2. The minimum absolute atomic E-state index is 0. The molecule has 0 aliphatic heterocycles. The van der Waals surface area contributed by atoms with Gasteiger partial charge < -0.3 is 29.0 Å². The Morgan fingerprint density at radius 1 is 0.971 bits per heavy atom. The number of carbonyl (C=O) groups excluding carboxylic acids is 2. The zero-order chi connectivity index (χ0) is 23.4. The van der Waals surface area contributed by atoms with E-state index in [1.165, 1.54) is 0 Å². The summed E-state index contributed by atoms with van der Waals surface area (Å²) in [5, 5.41) is 24.0. The SMILES string of the molecule is O=C([O-])C(CCCCCOc1ccc2c(-c3nc4cc(Cl)ccc4o3)cccc2c1)C(=O)[O-].[Na+].[Na+]. The standard InChI is InChI=1S/C25H22ClNO6.2Na/c26-16-8-11-22-21(14-16)27-23(33-22)19-7-4-5-15-13-17(9-10-18(15)19)32-12-3-1-2-6-20(24(28)29)25(30)31;;/h4-5,7-11,13-14,20H,1-3,6,12H2,(H,28,29)(H,30,31);;/q;2*+1/p-2. The van der Waals surface area contributed by atoms with E-state index in [1.54, 1.807) is 18.2 Å². The van der Waals surface area contributed by atoms with Crippen LogP contribution in [0.25, 0.3) is 33.3 Å². The Bertz CT molecular complexity index is 1310. The molecule has 0 atom stereocenters. The van der Waals surface area contributed by atoms with Crippen LogP contribution in [0, 0.1) is 5.92 Å². The van der Waals surface area contributed by atoms with E-state index in [2.05, 4.69) is 4.98 Å². The maximum absolute atomic E-state index is 10.8. The molecule has 0 aliphatic rings. The molecule has 0 radical (unpaired) electrons. The molecule has 1 aromatic heterocycles. The summed E-state index contributed by atoms with van der Waals surface area (Å²) in [5.41, 5.74) is 2.22. The van der Waals surface area contributed by atoms with E-state index in [4.69, 9.17) is 20.8 Å². The Kier molecular flexibility index (Phi) is 11.6. The number of aliphatic carboxylic acids is 2. The fraction of sp³-hybridized carbons (Fsp3) is 0.240. The molecule has 4 rings (SSSR count). The first-order valence-electron chi connectivity index (χ1n) is 10.6. The molecule has 170 valence electrons. The quantitative estimate of drug-likeness (QED) is 0.130. The number of benzene rings is 3. The first-order chi connectivity index (χ1) is 15.9. The van der Waals surface area contributed by atoms with Crippen LogP contribution in [-0.4, -0.2) is 23.5 Å². The van der Waals surface area contributed by atoms with Crippen molar-refractivity contribution in [2.24, 2.45) is 5.92 Å². The Hall–Kier alpha value is -1.58. The van der Waals surface area contributed by atoms with Gasteiger partial charge in [-0.2, -0.15) is 0 Å². The van der Waals surface area contributed by atoms with Gasteiger partial charge in [0, 0.05) is 16.5 Å². The first kappa shape index (κ1) is 29.6. The van der Waals surface area contributed by atoms with Gasteiger partial charge in [-0.15, -0.1) is 0 Å². The molecule has 0 amide bonds. The van der Waals surface area contributed by atoms with E-state index in [0.29, 0.717) is 53.6 Å². The van der Waals surface area contributed by atoms with Crippen LogP contribution in [0.1, 0.15) is 25.7 Å². The van der Waals surface area contributed by atoms with Gasteiger partial charge in [-0.1, -0.05) is 36.6 Å². The Labute approximate surface area is 251 Å². The number of carbonyl (C=O) groups is 2. The minimum Gasteiger partial charge on any atom is -0.549 e. The topological polar surface area (TPSA) is 116 Å². The molecule has 0 N–H and O–H groups in total. The molecule has 35 heavy (non-hydrogen) atoms. The molecule has 0 saturated heterocycles. The minimum atomic E-state index is -1.61. The Morgan fingerprint density at radius 2 is 1.74 bits per heavy atom. The maximum atomic E-state index is 10.8. The third-order valence-corrected chi connectivity index (χ3v) is 5.64. The van der Waals surface area contributed by atoms with Crippen LogP contribution >= 0.6 is 11.6 Å². The van der Waals surface area contributed by atoms with Crippen LogP contribution in [0.2, 0.25) is 5.02 Å². The number of carboxylic acids is 2. The second-order valence-corrected chi connectivity index (χ2v) is 8.14.